The first-order chi connectivity index (χ1) is 6.38. The third-order valence-electron chi connectivity index (χ3n) is 2.77. The highest BCUT2D eigenvalue weighted by molar-refractivity contribution is 5.56. The SMILES string of the molecule is O=[C]C1CC(Cc2ccccc2)C1. The predicted molar refractivity (Wildman–Crippen MR) is 52.1 cm³/mol. The van der Waals surface area contributed by atoms with E-state index < -0.39 is 0 Å². The van der Waals surface area contributed by atoms with Crippen LogP contribution >= 0.6 is 0 Å². The van der Waals surface area contributed by atoms with Gasteiger partial charge in [0.25, 0.3) is 0 Å². The number of benzene rings is 1. The number of hydrogen-bond donors (Lipinski definition) is 0. The van der Waals surface area contributed by atoms with Gasteiger partial charge in [0.15, 0.2) is 0 Å². The van der Waals surface area contributed by atoms with Crippen LogP contribution in [0.1, 0.15) is 18.4 Å². The Morgan fingerprint density at radius 3 is 2.54 bits per heavy atom. The number of hydrogen-bond acceptors (Lipinski definition) is 1. The molecule has 67 valence electrons. The lowest BCUT2D eigenvalue weighted by Crippen LogP contribution is -2.26. The molecule has 13 heavy (non-hydrogen) atoms. The second-order valence-electron chi connectivity index (χ2n) is 3.84. The molecule has 0 saturated heterocycles. The van der Waals surface area contributed by atoms with Crippen molar-refractivity contribution < 1.29 is 4.79 Å². The second kappa shape index (κ2) is 3.73. The van der Waals surface area contributed by atoms with E-state index in [9.17, 15) is 4.79 Å². The molecule has 0 bridgehead atoms. The van der Waals surface area contributed by atoms with Crippen LogP contribution in [0, 0.1) is 11.8 Å². The van der Waals surface area contributed by atoms with E-state index in [4.69, 9.17) is 0 Å². The molecule has 0 unspecified atom stereocenters. The van der Waals surface area contributed by atoms with Gasteiger partial charge in [0, 0.05) is 5.92 Å². The lowest BCUT2D eigenvalue weighted by atomic mass is 9.73. The second-order valence-corrected chi connectivity index (χ2v) is 3.84. The fourth-order valence-corrected chi connectivity index (χ4v) is 1.95. The van der Waals surface area contributed by atoms with Crippen molar-refractivity contribution >= 4 is 6.29 Å². The largest absolute Gasteiger partial charge is 0.291 e. The lowest BCUT2D eigenvalue weighted by molar-refractivity contribution is 0.248. The van der Waals surface area contributed by atoms with Crippen LogP contribution in [0.5, 0.6) is 0 Å². The smallest absolute Gasteiger partial charge is 0.201 e. The molecule has 1 heteroatoms. The Bertz CT molecular complexity index is 272. The Morgan fingerprint density at radius 2 is 1.92 bits per heavy atom. The van der Waals surface area contributed by atoms with Gasteiger partial charge in [0.2, 0.25) is 6.29 Å². The number of rotatable bonds is 3. The fraction of sp³-hybridized carbons (Fsp3) is 0.417. The van der Waals surface area contributed by atoms with Crippen molar-refractivity contribution in [3.63, 3.8) is 0 Å². The van der Waals surface area contributed by atoms with Gasteiger partial charge in [0.05, 0.1) is 0 Å². The molecule has 1 nitrogen and oxygen atoms in total. The highest BCUT2D eigenvalue weighted by atomic mass is 16.1. The molecular formula is C12H13O. The summed E-state index contributed by atoms with van der Waals surface area (Å²) in [5.41, 5.74) is 1.39. The van der Waals surface area contributed by atoms with Crippen molar-refractivity contribution in [3.05, 3.63) is 35.9 Å². The zero-order chi connectivity index (χ0) is 9.10. The van der Waals surface area contributed by atoms with Gasteiger partial charge in [-0.3, -0.25) is 4.79 Å². The molecule has 1 aliphatic carbocycles. The molecule has 0 N–H and O–H groups in total. The maximum atomic E-state index is 10.3. The zero-order valence-electron chi connectivity index (χ0n) is 7.57. The first kappa shape index (κ1) is 8.49. The normalized spacial score (nSPS) is 26.5. The standard InChI is InChI=1S/C12H13O/c13-9-12-7-11(8-12)6-10-4-2-1-3-5-10/h1-5,11-12H,6-8H2. The van der Waals surface area contributed by atoms with Crippen LogP contribution in [-0.4, -0.2) is 6.29 Å². The highest BCUT2D eigenvalue weighted by Crippen LogP contribution is 2.34. The Hall–Kier alpha value is -1.11. The maximum Gasteiger partial charge on any atom is 0.201 e. The van der Waals surface area contributed by atoms with Gasteiger partial charge < -0.3 is 0 Å². The molecule has 0 aliphatic heterocycles. The summed E-state index contributed by atoms with van der Waals surface area (Å²) in [6.07, 6.45) is 5.27. The van der Waals surface area contributed by atoms with Crippen molar-refractivity contribution in [1.82, 2.24) is 0 Å². The Balaban J connectivity index is 1.84. The molecular weight excluding hydrogens is 160 g/mol. The van der Waals surface area contributed by atoms with Crippen molar-refractivity contribution in [2.75, 3.05) is 0 Å². The summed E-state index contributed by atoms with van der Waals surface area (Å²) in [5, 5.41) is 0. The lowest BCUT2D eigenvalue weighted by Gasteiger charge is -2.30. The van der Waals surface area contributed by atoms with Gasteiger partial charge in [-0.1, -0.05) is 30.3 Å². The van der Waals surface area contributed by atoms with Gasteiger partial charge in [-0.2, -0.15) is 0 Å². The Labute approximate surface area is 78.8 Å². The van der Waals surface area contributed by atoms with E-state index >= 15 is 0 Å². The van der Waals surface area contributed by atoms with Crippen LogP contribution in [0.3, 0.4) is 0 Å². The molecule has 0 spiro atoms. The third-order valence-corrected chi connectivity index (χ3v) is 2.77. The van der Waals surface area contributed by atoms with Crippen molar-refractivity contribution in [2.24, 2.45) is 11.8 Å². The monoisotopic (exact) mass is 173 g/mol. The van der Waals surface area contributed by atoms with Crippen LogP contribution < -0.4 is 0 Å². The van der Waals surface area contributed by atoms with E-state index in [0.717, 1.165) is 19.3 Å². The van der Waals surface area contributed by atoms with E-state index in [-0.39, 0.29) is 5.92 Å². The highest BCUT2D eigenvalue weighted by Gasteiger charge is 2.28. The summed E-state index contributed by atoms with van der Waals surface area (Å²) in [6.45, 7) is 0. The van der Waals surface area contributed by atoms with E-state index in [0.29, 0.717) is 5.92 Å². The average molecular weight is 173 g/mol. The van der Waals surface area contributed by atoms with Crippen molar-refractivity contribution in [1.29, 1.82) is 0 Å². The van der Waals surface area contributed by atoms with Gasteiger partial charge >= 0.3 is 0 Å². The summed E-state index contributed by atoms with van der Waals surface area (Å²) in [7, 11) is 0. The Kier molecular flexibility index (Phi) is 2.44. The van der Waals surface area contributed by atoms with Crippen molar-refractivity contribution in [3.8, 4) is 0 Å². The first-order valence-electron chi connectivity index (χ1n) is 4.80. The molecule has 0 heterocycles. The van der Waals surface area contributed by atoms with Gasteiger partial charge in [-0.25, -0.2) is 0 Å². The topological polar surface area (TPSA) is 17.1 Å². The third kappa shape index (κ3) is 1.97. The molecule has 2 rings (SSSR count). The Morgan fingerprint density at radius 1 is 1.23 bits per heavy atom. The zero-order valence-corrected chi connectivity index (χ0v) is 7.57. The van der Waals surface area contributed by atoms with Gasteiger partial charge in [-0.15, -0.1) is 0 Å². The minimum Gasteiger partial charge on any atom is -0.291 e. The molecule has 1 radical (unpaired) electrons. The van der Waals surface area contributed by atoms with Crippen LogP contribution in [0.2, 0.25) is 0 Å². The molecule has 1 fully saturated rings. The van der Waals surface area contributed by atoms with Gasteiger partial charge in [0.1, 0.15) is 0 Å². The van der Waals surface area contributed by atoms with Crippen LogP contribution in [0.25, 0.3) is 0 Å². The minimum absolute atomic E-state index is 0.230. The van der Waals surface area contributed by atoms with Crippen LogP contribution in [-0.2, 0) is 11.2 Å². The van der Waals surface area contributed by atoms with E-state index in [2.05, 4.69) is 30.6 Å². The minimum atomic E-state index is 0.230. The van der Waals surface area contributed by atoms with E-state index in [1.165, 1.54) is 5.56 Å². The molecule has 0 aromatic heterocycles. The maximum absolute atomic E-state index is 10.3. The van der Waals surface area contributed by atoms with E-state index in [1.807, 2.05) is 6.07 Å². The van der Waals surface area contributed by atoms with Crippen molar-refractivity contribution in [2.45, 2.75) is 19.3 Å². The molecule has 0 amide bonds. The summed E-state index contributed by atoms with van der Waals surface area (Å²) in [6, 6.07) is 10.5. The molecule has 1 aromatic carbocycles. The first-order valence-corrected chi connectivity index (χ1v) is 4.80. The summed E-state index contributed by atoms with van der Waals surface area (Å²) >= 11 is 0. The summed E-state index contributed by atoms with van der Waals surface area (Å²) in [5.74, 6) is 0.947. The predicted octanol–water partition coefficient (Wildman–Crippen LogP) is 2.37. The van der Waals surface area contributed by atoms with Crippen LogP contribution in [0.15, 0.2) is 30.3 Å². The quantitative estimate of drug-likeness (QED) is 0.685. The van der Waals surface area contributed by atoms with Gasteiger partial charge in [-0.05, 0) is 30.7 Å². The molecule has 1 aliphatic rings. The average Bonchev–Trinajstić information content (AvgIpc) is 2.12. The fourth-order valence-electron chi connectivity index (χ4n) is 1.95. The molecule has 1 saturated carbocycles. The van der Waals surface area contributed by atoms with E-state index in [1.54, 1.807) is 0 Å². The van der Waals surface area contributed by atoms with Crippen LogP contribution in [0.4, 0.5) is 0 Å². The number of carbonyl (C=O) groups excluding carboxylic acids is 1. The summed E-state index contributed by atoms with van der Waals surface area (Å²) in [4.78, 5) is 10.3. The summed E-state index contributed by atoms with van der Waals surface area (Å²) < 4.78 is 0. The molecule has 0 atom stereocenters. The molecule has 1 aromatic rings.